The van der Waals surface area contributed by atoms with Crippen molar-refractivity contribution in [3.63, 3.8) is 0 Å². The normalized spacial score (nSPS) is 13.5. The fourth-order valence-corrected chi connectivity index (χ4v) is 1.12. The molecule has 1 atom stereocenters. The van der Waals surface area contributed by atoms with E-state index in [1.165, 1.54) is 6.08 Å². The summed E-state index contributed by atoms with van der Waals surface area (Å²) in [6, 6.07) is 8.77. The Labute approximate surface area is 111 Å². The molecule has 0 saturated heterocycles. The van der Waals surface area contributed by atoms with E-state index in [1.807, 2.05) is 0 Å². The van der Waals surface area contributed by atoms with E-state index in [-0.39, 0.29) is 29.6 Å². The molecule has 0 heterocycles. The first kappa shape index (κ1) is 14.8. The minimum absolute atomic E-state index is 0. The van der Waals surface area contributed by atoms with Gasteiger partial charge < -0.3 is 9.66 Å². The van der Waals surface area contributed by atoms with Crippen LogP contribution in [0.4, 0.5) is 0 Å². The maximum Gasteiger partial charge on any atom is 1.00 e. The second kappa shape index (κ2) is 6.42. The van der Waals surface area contributed by atoms with E-state index in [9.17, 15) is 13.0 Å². The number of benzene rings is 1. The smallest absolute Gasteiger partial charge is 0.746 e. The molecule has 6 heteroatoms. The van der Waals surface area contributed by atoms with E-state index < -0.39 is 15.6 Å². The van der Waals surface area contributed by atoms with Gasteiger partial charge in [-0.2, -0.15) is 0 Å². The Balaban J connectivity index is 0.00000196. The van der Waals surface area contributed by atoms with E-state index in [0.29, 0.717) is 0 Å². The summed E-state index contributed by atoms with van der Waals surface area (Å²) in [4.78, 5) is 0. The van der Waals surface area contributed by atoms with Gasteiger partial charge in [-0.3, -0.25) is 0 Å². The fourth-order valence-electron chi connectivity index (χ4n) is 0.854. The zero-order chi connectivity index (χ0) is 10.6. The summed E-state index contributed by atoms with van der Waals surface area (Å²) in [5.74, 6) is 0. The molecule has 0 aliphatic heterocycles. The summed E-state index contributed by atoms with van der Waals surface area (Å²) >= 11 is 0. The van der Waals surface area contributed by atoms with Gasteiger partial charge in [-0.1, -0.05) is 36.4 Å². The van der Waals surface area contributed by atoms with Crippen molar-refractivity contribution < 1.29 is 47.6 Å². The molecule has 1 aromatic rings. The van der Waals surface area contributed by atoms with Crippen LogP contribution in [0.15, 0.2) is 36.4 Å². The maximum atomic E-state index is 10.3. The Hall–Kier alpha value is -0.170. The molecule has 0 aliphatic rings. The minimum Gasteiger partial charge on any atom is -0.746 e. The van der Waals surface area contributed by atoms with Crippen molar-refractivity contribution in [2.75, 3.05) is 0 Å². The van der Waals surface area contributed by atoms with Crippen LogP contribution in [0.1, 0.15) is 5.56 Å². The molecule has 0 aliphatic carbocycles. The van der Waals surface area contributed by atoms with Crippen LogP contribution in [-0.2, 0) is 10.1 Å². The Morgan fingerprint density at radius 2 is 1.80 bits per heavy atom. The standard InChI is InChI=1S/C9H10O4S.Na/c10-9(14(11,12)13)7-6-8-4-2-1-3-5-8;/h1-7,9-10H,(H,11,12,13);/q;+1/p-1/b7-6+;. The zero-order valence-electron chi connectivity index (χ0n) is 8.20. The van der Waals surface area contributed by atoms with Crippen molar-refractivity contribution in [3.05, 3.63) is 42.0 Å². The third kappa shape index (κ3) is 5.46. The average molecular weight is 236 g/mol. The number of hydrogen-bond donors (Lipinski definition) is 1. The summed E-state index contributed by atoms with van der Waals surface area (Å²) in [5.41, 5.74) is -1.27. The summed E-state index contributed by atoms with van der Waals surface area (Å²) < 4.78 is 30.9. The first-order chi connectivity index (χ1) is 6.50. The molecule has 1 N–H and O–H groups in total. The molecule has 0 radical (unpaired) electrons. The zero-order valence-corrected chi connectivity index (χ0v) is 11.0. The van der Waals surface area contributed by atoms with E-state index in [0.717, 1.165) is 11.6 Å². The average Bonchev–Trinajstić information content (AvgIpc) is 2.14. The Morgan fingerprint density at radius 3 is 2.27 bits per heavy atom. The third-order valence-electron chi connectivity index (χ3n) is 1.55. The molecule has 4 nitrogen and oxygen atoms in total. The predicted molar refractivity (Wildman–Crippen MR) is 51.2 cm³/mol. The SMILES string of the molecule is O=S(=O)([O-])C(O)/C=C/c1ccccc1.[Na+]. The molecule has 0 aromatic heterocycles. The van der Waals surface area contributed by atoms with Crippen LogP contribution >= 0.6 is 0 Å². The van der Waals surface area contributed by atoms with Gasteiger partial charge in [0.25, 0.3) is 0 Å². The van der Waals surface area contributed by atoms with Gasteiger partial charge in [0, 0.05) is 0 Å². The molecular formula is C9H9NaO4S. The number of hydrogen-bond acceptors (Lipinski definition) is 4. The van der Waals surface area contributed by atoms with Crippen molar-refractivity contribution in [2.24, 2.45) is 0 Å². The summed E-state index contributed by atoms with van der Waals surface area (Å²) in [6.45, 7) is 0. The van der Waals surface area contributed by atoms with Gasteiger partial charge in [-0.25, -0.2) is 8.42 Å². The first-order valence-corrected chi connectivity index (χ1v) is 5.33. The first-order valence-electron chi connectivity index (χ1n) is 3.86. The molecule has 0 amide bonds. The van der Waals surface area contributed by atoms with Gasteiger partial charge in [0.1, 0.15) is 10.1 Å². The summed E-state index contributed by atoms with van der Waals surface area (Å²) in [6.07, 6.45) is 2.32. The van der Waals surface area contributed by atoms with Crippen LogP contribution in [0.25, 0.3) is 6.08 Å². The van der Waals surface area contributed by atoms with Crippen molar-refractivity contribution in [2.45, 2.75) is 5.44 Å². The Bertz CT molecular complexity index is 413. The monoisotopic (exact) mass is 236 g/mol. The largest absolute Gasteiger partial charge is 1.00 e. The van der Waals surface area contributed by atoms with Gasteiger partial charge >= 0.3 is 29.6 Å². The molecule has 1 rings (SSSR count). The second-order valence-electron chi connectivity index (χ2n) is 2.65. The Morgan fingerprint density at radius 1 is 1.27 bits per heavy atom. The molecule has 1 unspecified atom stereocenters. The van der Waals surface area contributed by atoms with Crippen LogP contribution in [-0.4, -0.2) is 23.5 Å². The van der Waals surface area contributed by atoms with Crippen molar-refractivity contribution in [1.82, 2.24) is 0 Å². The topological polar surface area (TPSA) is 77.4 Å². The van der Waals surface area contributed by atoms with E-state index in [2.05, 4.69) is 0 Å². The van der Waals surface area contributed by atoms with Gasteiger partial charge in [-0.15, -0.1) is 0 Å². The van der Waals surface area contributed by atoms with Crippen molar-refractivity contribution in [3.8, 4) is 0 Å². The number of aliphatic hydroxyl groups excluding tert-OH is 1. The Kier molecular flexibility index (Phi) is 6.35. The third-order valence-corrected chi connectivity index (χ3v) is 2.30. The molecule has 0 bridgehead atoms. The van der Waals surface area contributed by atoms with Crippen LogP contribution in [0, 0.1) is 0 Å². The summed E-state index contributed by atoms with van der Waals surface area (Å²) in [7, 11) is -4.65. The van der Waals surface area contributed by atoms with Gasteiger partial charge in [0.2, 0.25) is 0 Å². The van der Waals surface area contributed by atoms with Crippen molar-refractivity contribution >= 4 is 16.2 Å². The van der Waals surface area contributed by atoms with Crippen LogP contribution < -0.4 is 29.6 Å². The van der Waals surface area contributed by atoms with Gasteiger partial charge in [-0.05, 0) is 11.6 Å². The fraction of sp³-hybridized carbons (Fsp3) is 0.111. The predicted octanol–water partition coefficient (Wildman–Crippen LogP) is -2.43. The second-order valence-corrected chi connectivity index (χ2v) is 4.12. The van der Waals surface area contributed by atoms with E-state index in [1.54, 1.807) is 30.3 Å². The summed E-state index contributed by atoms with van der Waals surface area (Å²) in [5, 5.41) is 8.86. The molecule has 76 valence electrons. The minimum atomic E-state index is -4.65. The number of rotatable bonds is 3. The van der Waals surface area contributed by atoms with Crippen LogP contribution in [0.5, 0.6) is 0 Å². The quantitative estimate of drug-likeness (QED) is 0.467. The molecule has 0 saturated carbocycles. The molecule has 0 spiro atoms. The van der Waals surface area contributed by atoms with Crippen LogP contribution in [0.2, 0.25) is 0 Å². The molecule has 15 heavy (non-hydrogen) atoms. The van der Waals surface area contributed by atoms with E-state index in [4.69, 9.17) is 5.11 Å². The molecule has 1 aromatic carbocycles. The van der Waals surface area contributed by atoms with Gasteiger partial charge in [0.05, 0.1) is 0 Å². The van der Waals surface area contributed by atoms with Crippen LogP contribution in [0.3, 0.4) is 0 Å². The number of aliphatic hydroxyl groups is 1. The maximum absolute atomic E-state index is 10.3. The van der Waals surface area contributed by atoms with Gasteiger partial charge in [0.15, 0.2) is 5.44 Å². The van der Waals surface area contributed by atoms with Crippen molar-refractivity contribution in [1.29, 1.82) is 0 Å². The molecule has 0 fully saturated rings. The van der Waals surface area contributed by atoms with E-state index >= 15 is 0 Å². The molecular weight excluding hydrogens is 227 g/mol.